The van der Waals surface area contributed by atoms with Crippen molar-refractivity contribution in [1.82, 2.24) is 10.6 Å². The molecular weight excluding hydrogens is 188 g/mol. The van der Waals surface area contributed by atoms with Gasteiger partial charge in [-0.15, -0.1) is 0 Å². The van der Waals surface area contributed by atoms with Crippen LogP contribution >= 0.6 is 0 Å². The summed E-state index contributed by atoms with van der Waals surface area (Å²) in [7, 11) is 1.69. The summed E-state index contributed by atoms with van der Waals surface area (Å²) in [5, 5.41) is 6.10. The van der Waals surface area contributed by atoms with Crippen molar-refractivity contribution in [2.24, 2.45) is 5.41 Å². The molecule has 0 saturated carbocycles. The van der Waals surface area contributed by atoms with Crippen molar-refractivity contribution in [3.8, 4) is 0 Å². The second-order valence-electron chi connectivity index (χ2n) is 5.21. The molecule has 0 radical (unpaired) electrons. The van der Waals surface area contributed by atoms with Crippen molar-refractivity contribution < 1.29 is 4.79 Å². The summed E-state index contributed by atoms with van der Waals surface area (Å²) in [6, 6.07) is 0.264. The van der Waals surface area contributed by atoms with Gasteiger partial charge in [-0.05, 0) is 18.8 Å². The number of carbonyl (C=O) groups excluding carboxylic acids is 1. The van der Waals surface area contributed by atoms with E-state index in [-0.39, 0.29) is 17.4 Å². The third kappa shape index (κ3) is 5.17. The highest BCUT2D eigenvalue weighted by molar-refractivity contribution is 5.81. The first-order valence-electron chi connectivity index (χ1n) is 5.80. The van der Waals surface area contributed by atoms with Gasteiger partial charge in [-0.1, -0.05) is 34.1 Å². The molecule has 0 bridgehead atoms. The molecule has 3 nitrogen and oxygen atoms in total. The summed E-state index contributed by atoms with van der Waals surface area (Å²) in [6.45, 7) is 10.8. The largest absolute Gasteiger partial charge is 0.358 e. The van der Waals surface area contributed by atoms with Gasteiger partial charge in [-0.2, -0.15) is 0 Å². The summed E-state index contributed by atoms with van der Waals surface area (Å²) in [4.78, 5) is 11.6. The van der Waals surface area contributed by atoms with Gasteiger partial charge in [0.2, 0.25) is 5.91 Å². The highest BCUT2D eigenvalue weighted by Gasteiger charge is 2.25. The maximum absolute atomic E-state index is 11.6. The average molecular weight is 214 g/mol. The average Bonchev–Trinajstić information content (AvgIpc) is 2.14. The van der Waals surface area contributed by atoms with Crippen LogP contribution in [-0.2, 0) is 4.79 Å². The van der Waals surface area contributed by atoms with Gasteiger partial charge in [0, 0.05) is 13.1 Å². The first-order chi connectivity index (χ1) is 6.82. The molecule has 0 heterocycles. The molecule has 0 spiro atoms. The Morgan fingerprint density at radius 3 is 2.20 bits per heavy atom. The fourth-order valence-electron chi connectivity index (χ4n) is 1.30. The van der Waals surface area contributed by atoms with Gasteiger partial charge < -0.3 is 10.6 Å². The van der Waals surface area contributed by atoms with E-state index in [2.05, 4.69) is 45.3 Å². The number of likely N-dealkylation sites (N-methyl/N-ethyl adjacent to an activating group) is 1. The Balaban J connectivity index is 4.34. The third-order valence-corrected chi connectivity index (χ3v) is 2.89. The molecule has 2 N–H and O–H groups in total. The Kier molecular flexibility index (Phi) is 5.88. The maximum atomic E-state index is 11.6. The van der Waals surface area contributed by atoms with Crippen molar-refractivity contribution in [3.05, 3.63) is 0 Å². The first kappa shape index (κ1) is 14.4. The van der Waals surface area contributed by atoms with E-state index in [1.807, 2.05) is 0 Å². The van der Waals surface area contributed by atoms with Gasteiger partial charge in [0.15, 0.2) is 0 Å². The lowest BCUT2D eigenvalue weighted by molar-refractivity contribution is -0.123. The summed E-state index contributed by atoms with van der Waals surface area (Å²) >= 11 is 0. The molecule has 0 aromatic heterocycles. The Morgan fingerprint density at radius 2 is 1.87 bits per heavy atom. The van der Waals surface area contributed by atoms with Gasteiger partial charge in [0.1, 0.15) is 0 Å². The Labute approximate surface area is 94.0 Å². The van der Waals surface area contributed by atoms with Gasteiger partial charge in [-0.25, -0.2) is 0 Å². The smallest absolute Gasteiger partial charge is 0.236 e. The second-order valence-corrected chi connectivity index (χ2v) is 5.21. The number of nitrogens with one attached hydrogen (secondary N) is 2. The van der Waals surface area contributed by atoms with Gasteiger partial charge in [0.05, 0.1) is 6.04 Å². The van der Waals surface area contributed by atoms with Gasteiger partial charge >= 0.3 is 0 Å². The number of hydrogen-bond acceptors (Lipinski definition) is 2. The quantitative estimate of drug-likeness (QED) is 0.734. The highest BCUT2D eigenvalue weighted by atomic mass is 16.2. The van der Waals surface area contributed by atoms with E-state index in [0.717, 1.165) is 12.8 Å². The molecule has 0 aliphatic heterocycles. The van der Waals surface area contributed by atoms with Crippen molar-refractivity contribution >= 4 is 5.91 Å². The van der Waals surface area contributed by atoms with Crippen LogP contribution in [-0.4, -0.2) is 25.0 Å². The van der Waals surface area contributed by atoms with Crippen LogP contribution in [0.15, 0.2) is 0 Å². The zero-order valence-electron chi connectivity index (χ0n) is 11.0. The van der Waals surface area contributed by atoms with E-state index in [9.17, 15) is 4.79 Å². The lowest BCUT2D eigenvalue weighted by Crippen LogP contribution is -2.50. The Hall–Kier alpha value is -0.570. The molecule has 90 valence electrons. The zero-order valence-corrected chi connectivity index (χ0v) is 11.0. The summed E-state index contributed by atoms with van der Waals surface area (Å²) in [5.74, 6) is 0.0907. The number of amides is 1. The fourth-order valence-corrected chi connectivity index (χ4v) is 1.30. The minimum atomic E-state index is -0.0609. The summed E-state index contributed by atoms with van der Waals surface area (Å²) < 4.78 is 0. The number of carbonyl (C=O) groups is 1. The monoisotopic (exact) mass is 214 g/mol. The lowest BCUT2D eigenvalue weighted by atomic mass is 9.87. The molecule has 2 unspecified atom stereocenters. The van der Waals surface area contributed by atoms with Crippen LogP contribution in [0.1, 0.15) is 47.5 Å². The van der Waals surface area contributed by atoms with Crippen LogP contribution in [0.4, 0.5) is 0 Å². The molecule has 0 aliphatic rings. The van der Waals surface area contributed by atoms with Crippen molar-refractivity contribution in [2.45, 2.75) is 59.5 Å². The molecule has 15 heavy (non-hydrogen) atoms. The van der Waals surface area contributed by atoms with E-state index in [1.54, 1.807) is 7.05 Å². The van der Waals surface area contributed by atoms with E-state index < -0.39 is 0 Å². The Bertz CT molecular complexity index is 196. The van der Waals surface area contributed by atoms with Gasteiger partial charge in [0.25, 0.3) is 0 Å². The van der Waals surface area contributed by atoms with Crippen LogP contribution in [0.2, 0.25) is 0 Å². The maximum Gasteiger partial charge on any atom is 0.236 e. The first-order valence-corrected chi connectivity index (χ1v) is 5.80. The normalized spacial score (nSPS) is 15.9. The molecule has 1 amide bonds. The number of hydrogen-bond donors (Lipinski definition) is 2. The minimum Gasteiger partial charge on any atom is -0.358 e. The van der Waals surface area contributed by atoms with Crippen LogP contribution in [0.25, 0.3) is 0 Å². The van der Waals surface area contributed by atoms with E-state index in [4.69, 9.17) is 0 Å². The zero-order chi connectivity index (χ0) is 12.1. The van der Waals surface area contributed by atoms with Crippen LogP contribution in [0, 0.1) is 5.41 Å². The van der Waals surface area contributed by atoms with E-state index in [0.29, 0.717) is 6.04 Å². The molecule has 0 rings (SSSR count). The lowest BCUT2D eigenvalue weighted by Gasteiger charge is -2.31. The van der Waals surface area contributed by atoms with Gasteiger partial charge in [-0.3, -0.25) is 4.79 Å². The predicted octanol–water partition coefficient (Wildman–Crippen LogP) is 1.93. The summed E-state index contributed by atoms with van der Waals surface area (Å²) in [6.07, 6.45) is 1.90. The van der Waals surface area contributed by atoms with E-state index in [1.165, 1.54) is 0 Å². The molecular formula is C12H26N2O. The molecule has 0 aromatic rings. The second kappa shape index (κ2) is 6.11. The molecule has 0 saturated heterocycles. The van der Waals surface area contributed by atoms with Crippen LogP contribution < -0.4 is 10.6 Å². The molecule has 0 aromatic carbocycles. The standard InChI is InChI=1S/C12H26N2O/c1-7-8-10(11(15)13-6)14-9(2)12(3,4)5/h9-10,14H,7-8H2,1-6H3,(H,13,15). The molecule has 0 fully saturated rings. The molecule has 3 heteroatoms. The third-order valence-electron chi connectivity index (χ3n) is 2.89. The van der Waals surface area contributed by atoms with Crippen LogP contribution in [0.5, 0.6) is 0 Å². The predicted molar refractivity (Wildman–Crippen MR) is 64.8 cm³/mol. The van der Waals surface area contributed by atoms with E-state index >= 15 is 0 Å². The SMILES string of the molecule is CCCC(NC(C)C(C)(C)C)C(=O)NC. The topological polar surface area (TPSA) is 41.1 Å². The fraction of sp³-hybridized carbons (Fsp3) is 0.917. The van der Waals surface area contributed by atoms with Crippen molar-refractivity contribution in [3.63, 3.8) is 0 Å². The molecule has 2 atom stereocenters. The van der Waals surface area contributed by atoms with Crippen LogP contribution in [0.3, 0.4) is 0 Å². The minimum absolute atomic E-state index is 0.0609. The summed E-state index contributed by atoms with van der Waals surface area (Å²) in [5.41, 5.74) is 0.181. The number of rotatable bonds is 5. The van der Waals surface area contributed by atoms with Crippen molar-refractivity contribution in [1.29, 1.82) is 0 Å². The molecule has 0 aliphatic carbocycles. The highest BCUT2D eigenvalue weighted by Crippen LogP contribution is 2.19. The van der Waals surface area contributed by atoms with Crippen molar-refractivity contribution in [2.75, 3.05) is 7.05 Å². The Morgan fingerprint density at radius 1 is 1.33 bits per heavy atom.